The highest BCUT2D eigenvalue weighted by Gasteiger charge is 2.07. The normalized spacial score (nSPS) is 10.4. The van der Waals surface area contributed by atoms with Gasteiger partial charge in [0, 0.05) is 5.56 Å². The second kappa shape index (κ2) is 4.53. The average molecular weight is 231 g/mol. The lowest BCUT2D eigenvalue weighted by Crippen LogP contribution is -1.93. The topological polar surface area (TPSA) is 22.1 Å². The summed E-state index contributed by atoms with van der Waals surface area (Å²) in [5, 5.41) is 0. The Bertz CT molecular complexity index is 535. The van der Waals surface area contributed by atoms with Gasteiger partial charge in [-0.3, -0.25) is 4.98 Å². The standard InChI is InChI=1S/C14H14FNO/c1-9-7-14(17-3)10(2)6-12(9)13-5-4-11(15)8-16-13/h4-8H,1-3H3. The Morgan fingerprint density at radius 2 is 1.88 bits per heavy atom. The largest absolute Gasteiger partial charge is 0.496 e. The van der Waals surface area contributed by atoms with E-state index in [9.17, 15) is 4.39 Å². The molecule has 1 heterocycles. The van der Waals surface area contributed by atoms with Gasteiger partial charge in [-0.2, -0.15) is 0 Å². The van der Waals surface area contributed by atoms with Crippen LogP contribution in [0.3, 0.4) is 0 Å². The molecule has 0 aliphatic carbocycles. The van der Waals surface area contributed by atoms with Gasteiger partial charge in [0.15, 0.2) is 0 Å². The fraction of sp³-hybridized carbons (Fsp3) is 0.214. The van der Waals surface area contributed by atoms with E-state index in [-0.39, 0.29) is 5.82 Å². The summed E-state index contributed by atoms with van der Waals surface area (Å²) < 4.78 is 18.1. The molecule has 2 nitrogen and oxygen atoms in total. The van der Waals surface area contributed by atoms with E-state index >= 15 is 0 Å². The number of halogens is 1. The molecule has 2 rings (SSSR count). The molecule has 0 saturated heterocycles. The van der Waals surface area contributed by atoms with Crippen LogP contribution < -0.4 is 4.74 Å². The summed E-state index contributed by atoms with van der Waals surface area (Å²) in [4.78, 5) is 4.09. The molecule has 17 heavy (non-hydrogen) atoms. The molecule has 0 aliphatic heterocycles. The van der Waals surface area contributed by atoms with Gasteiger partial charge in [-0.1, -0.05) is 0 Å². The molecule has 0 spiro atoms. The zero-order valence-corrected chi connectivity index (χ0v) is 10.1. The van der Waals surface area contributed by atoms with Crippen LogP contribution in [0, 0.1) is 19.7 Å². The molecular weight excluding hydrogens is 217 g/mol. The highest BCUT2D eigenvalue weighted by atomic mass is 19.1. The molecule has 0 radical (unpaired) electrons. The number of methoxy groups -OCH3 is 1. The van der Waals surface area contributed by atoms with Gasteiger partial charge in [0.2, 0.25) is 0 Å². The molecule has 3 heteroatoms. The SMILES string of the molecule is COc1cc(C)c(-c2ccc(F)cn2)cc1C. The van der Waals surface area contributed by atoms with Gasteiger partial charge in [-0.15, -0.1) is 0 Å². The second-order valence-electron chi connectivity index (χ2n) is 4.00. The van der Waals surface area contributed by atoms with Gasteiger partial charge in [-0.25, -0.2) is 4.39 Å². The van der Waals surface area contributed by atoms with Crippen molar-refractivity contribution in [3.8, 4) is 17.0 Å². The van der Waals surface area contributed by atoms with Crippen molar-refractivity contribution in [3.05, 3.63) is 47.4 Å². The van der Waals surface area contributed by atoms with Crippen LogP contribution in [0.5, 0.6) is 5.75 Å². The van der Waals surface area contributed by atoms with E-state index in [4.69, 9.17) is 4.74 Å². The van der Waals surface area contributed by atoms with Gasteiger partial charge < -0.3 is 4.74 Å². The number of ether oxygens (including phenoxy) is 1. The molecule has 0 aliphatic rings. The second-order valence-corrected chi connectivity index (χ2v) is 4.00. The Hall–Kier alpha value is -1.90. The van der Waals surface area contributed by atoms with E-state index in [0.717, 1.165) is 28.1 Å². The Morgan fingerprint density at radius 1 is 1.12 bits per heavy atom. The molecule has 0 fully saturated rings. The minimum absolute atomic E-state index is 0.323. The van der Waals surface area contributed by atoms with Crippen molar-refractivity contribution < 1.29 is 9.13 Å². The highest BCUT2D eigenvalue weighted by Crippen LogP contribution is 2.28. The van der Waals surface area contributed by atoms with Crippen LogP contribution in [0.1, 0.15) is 11.1 Å². The number of nitrogens with zero attached hydrogens (tertiary/aromatic N) is 1. The van der Waals surface area contributed by atoms with Crippen LogP contribution in [0.25, 0.3) is 11.3 Å². The molecule has 2 aromatic rings. The number of hydrogen-bond acceptors (Lipinski definition) is 2. The minimum atomic E-state index is -0.323. The number of aryl methyl sites for hydroxylation is 2. The molecule has 0 N–H and O–H groups in total. The van der Waals surface area contributed by atoms with Gasteiger partial charge >= 0.3 is 0 Å². The fourth-order valence-electron chi connectivity index (χ4n) is 1.82. The predicted octanol–water partition coefficient (Wildman–Crippen LogP) is 3.51. The monoisotopic (exact) mass is 231 g/mol. The van der Waals surface area contributed by atoms with Gasteiger partial charge in [0.05, 0.1) is 19.0 Å². The van der Waals surface area contributed by atoms with Crippen LogP contribution in [0.2, 0.25) is 0 Å². The highest BCUT2D eigenvalue weighted by molar-refractivity contribution is 5.66. The first-order valence-electron chi connectivity index (χ1n) is 5.39. The van der Waals surface area contributed by atoms with Crippen molar-refractivity contribution >= 4 is 0 Å². The Morgan fingerprint density at radius 3 is 2.47 bits per heavy atom. The van der Waals surface area contributed by atoms with E-state index in [2.05, 4.69) is 4.98 Å². The molecule has 1 aromatic carbocycles. The first kappa shape index (κ1) is 11.6. The third-order valence-electron chi connectivity index (χ3n) is 2.75. The van der Waals surface area contributed by atoms with E-state index < -0.39 is 0 Å². The summed E-state index contributed by atoms with van der Waals surface area (Å²) in [5.41, 5.74) is 3.88. The summed E-state index contributed by atoms with van der Waals surface area (Å²) >= 11 is 0. The lowest BCUT2D eigenvalue weighted by Gasteiger charge is -2.10. The average Bonchev–Trinajstić information content (AvgIpc) is 2.33. The van der Waals surface area contributed by atoms with Crippen LogP contribution in [-0.2, 0) is 0 Å². The number of aromatic nitrogens is 1. The van der Waals surface area contributed by atoms with Crippen LogP contribution in [-0.4, -0.2) is 12.1 Å². The summed E-state index contributed by atoms with van der Waals surface area (Å²) in [5.74, 6) is 0.532. The van der Waals surface area contributed by atoms with Crippen LogP contribution >= 0.6 is 0 Å². The van der Waals surface area contributed by atoms with Gasteiger partial charge in [0.25, 0.3) is 0 Å². The number of rotatable bonds is 2. The van der Waals surface area contributed by atoms with Crippen molar-refractivity contribution in [2.45, 2.75) is 13.8 Å². The summed E-state index contributed by atoms with van der Waals surface area (Å²) in [6.45, 7) is 3.97. The lowest BCUT2D eigenvalue weighted by atomic mass is 10.0. The van der Waals surface area contributed by atoms with E-state index in [1.807, 2.05) is 26.0 Å². The molecule has 88 valence electrons. The predicted molar refractivity (Wildman–Crippen MR) is 65.7 cm³/mol. The maximum atomic E-state index is 12.8. The zero-order valence-electron chi connectivity index (χ0n) is 10.1. The Balaban J connectivity index is 2.52. The third kappa shape index (κ3) is 2.28. The number of pyridine rings is 1. The molecular formula is C14H14FNO. The van der Waals surface area contributed by atoms with E-state index in [1.165, 1.54) is 12.3 Å². The summed E-state index contributed by atoms with van der Waals surface area (Å²) in [6.07, 6.45) is 1.23. The number of hydrogen-bond donors (Lipinski definition) is 0. The molecule has 0 atom stereocenters. The van der Waals surface area contributed by atoms with Crippen molar-refractivity contribution in [3.63, 3.8) is 0 Å². The lowest BCUT2D eigenvalue weighted by molar-refractivity contribution is 0.411. The molecule has 0 amide bonds. The molecule has 0 bridgehead atoms. The van der Waals surface area contributed by atoms with Crippen molar-refractivity contribution in [2.75, 3.05) is 7.11 Å². The Kier molecular flexibility index (Phi) is 3.09. The maximum absolute atomic E-state index is 12.8. The first-order chi connectivity index (χ1) is 8.11. The van der Waals surface area contributed by atoms with Gasteiger partial charge in [-0.05, 0) is 49.2 Å². The minimum Gasteiger partial charge on any atom is -0.496 e. The van der Waals surface area contributed by atoms with Crippen molar-refractivity contribution in [1.29, 1.82) is 0 Å². The summed E-state index contributed by atoms with van der Waals surface area (Å²) in [6, 6.07) is 7.08. The number of benzene rings is 1. The van der Waals surface area contributed by atoms with Crippen molar-refractivity contribution in [2.24, 2.45) is 0 Å². The summed E-state index contributed by atoms with van der Waals surface area (Å²) in [7, 11) is 1.65. The van der Waals surface area contributed by atoms with Gasteiger partial charge in [0.1, 0.15) is 11.6 Å². The first-order valence-corrected chi connectivity index (χ1v) is 5.39. The quantitative estimate of drug-likeness (QED) is 0.789. The third-order valence-corrected chi connectivity index (χ3v) is 2.75. The van der Waals surface area contributed by atoms with Crippen molar-refractivity contribution in [1.82, 2.24) is 4.98 Å². The molecule has 1 aromatic heterocycles. The molecule has 0 saturated carbocycles. The van der Waals surface area contributed by atoms with Crippen LogP contribution in [0.15, 0.2) is 30.5 Å². The fourth-order valence-corrected chi connectivity index (χ4v) is 1.82. The smallest absolute Gasteiger partial charge is 0.141 e. The van der Waals surface area contributed by atoms with E-state index in [0.29, 0.717) is 0 Å². The zero-order chi connectivity index (χ0) is 12.4. The maximum Gasteiger partial charge on any atom is 0.141 e. The van der Waals surface area contributed by atoms with E-state index in [1.54, 1.807) is 13.2 Å². The Labute approximate surface area is 100 Å². The molecule has 0 unspecified atom stereocenters. The van der Waals surface area contributed by atoms with Crippen LogP contribution in [0.4, 0.5) is 4.39 Å².